The number of aromatic nitrogens is 2. The summed E-state index contributed by atoms with van der Waals surface area (Å²) in [6, 6.07) is 23.1. The molecule has 0 saturated heterocycles. The average molecular weight is 1080 g/mol. The Balaban J connectivity index is 0.000000322. The van der Waals surface area contributed by atoms with Crippen molar-refractivity contribution in [3.63, 3.8) is 0 Å². The lowest BCUT2D eigenvalue weighted by atomic mass is 10.0. The summed E-state index contributed by atoms with van der Waals surface area (Å²) in [7, 11) is -1.51. The van der Waals surface area contributed by atoms with Crippen LogP contribution >= 0.6 is 12.4 Å². The fraction of sp³-hybridized carbons (Fsp3) is 0.340. The van der Waals surface area contributed by atoms with Gasteiger partial charge in [0, 0.05) is 85.6 Å². The Hall–Kier alpha value is -6.42. The Morgan fingerprint density at radius 3 is 1.43 bits per heavy atom. The van der Waals surface area contributed by atoms with E-state index >= 15 is 4.39 Å². The van der Waals surface area contributed by atoms with Crippen molar-refractivity contribution in [3.8, 4) is 22.3 Å². The molecule has 21 heteroatoms. The molecule has 0 saturated carbocycles. The molecule has 4 aromatic carbocycles. The SMILES string of the molecule is CCOC(=O)c1ccc2c(c1)c(-c1cccc(S(=O)(=O)N(C)C)c1)c(C)n2C/C(F)=C/CN.CCOC(=O)c1ccc2c(c1)c(-c1cccc(S(=O)(=O)N(C)C)c1)c(C)n2C/C(F)=C/CNC(=O)OC(C)(C)C.Cl. The largest absolute Gasteiger partial charge is 0.462 e. The Morgan fingerprint density at radius 2 is 1.07 bits per heavy atom. The van der Waals surface area contributed by atoms with Gasteiger partial charge >= 0.3 is 18.0 Å². The van der Waals surface area contributed by atoms with Crippen molar-refractivity contribution < 1.29 is 54.2 Å². The van der Waals surface area contributed by atoms with Crippen molar-refractivity contribution in [2.75, 3.05) is 54.5 Å². The predicted molar refractivity (Wildman–Crippen MR) is 287 cm³/mol. The van der Waals surface area contributed by atoms with E-state index in [9.17, 15) is 35.6 Å². The van der Waals surface area contributed by atoms with Crippen LogP contribution in [-0.2, 0) is 47.3 Å². The van der Waals surface area contributed by atoms with Crippen LogP contribution in [-0.4, -0.2) is 113 Å². The van der Waals surface area contributed by atoms with Gasteiger partial charge in [-0.15, -0.1) is 12.4 Å². The van der Waals surface area contributed by atoms with Crippen LogP contribution in [0.25, 0.3) is 44.1 Å². The third kappa shape index (κ3) is 14.0. The first-order chi connectivity index (χ1) is 34.3. The molecule has 0 aliphatic rings. The highest BCUT2D eigenvalue weighted by Gasteiger charge is 2.25. The van der Waals surface area contributed by atoms with Gasteiger partial charge in [0.2, 0.25) is 20.0 Å². The molecule has 0 aliphatic carbocycles. The second kappa shape index (κ2) is 25.2. The fourth-order valence-electron chi connectivity index (χ4n) is 7.95. The van der Waals surface area contributed by atoms with E-state index in [1.165, 1.54) is 52.5 Å². The van der Waals surface area contributed by atoms with Gasteiger partial charge in [-0.3, -0.25) is 0 Å². The van der Waals surface area contributed by atoms with Gasteiger partial charge in [-0.05, 0) is 132 Å². The number of benzene rings is 4. The van der Waals surface area contributed by atoms with Gasteiger partial charge in [0.25, 0.3) is 0 Å². The molecule has 0 radical (unpaired) electrons. The molecule has 74 heavy (non-hydrogen) atoms. The third-order valence-corrected chi connectivity index (χ3v) is 15.0. The van der Waals surface area contributed by atoms with Gasteiger partial charge in [0.15, 0.2) is 0 Å². The summed E-state index contributed by atoms with van der Waals surface area (Å²) < 4.78 is 102. The highest BCUT2D eigenvalue weighted by Crippen LogP contribution is 2.39. The van der Waals surface area contributed by atoms with Gasteiger partial charge in [-0.25, -0.2) is 48.6 Å². The molecule has 0 aliphatic heterocycles. The molecule has 2 heterocycles. The molecule has 0 spiro atoms. The normalized spacial score (nSPS) is 12.4. The lowest BCUT2D eigenvalue weighted by Gasteiger charge is -2.19. The molecule has 400 valence electrons. The number of amides is 1. The number of ether oxygens (including phenoxy) is 3. The maximum Gasteiger partial charge on any atom is 0.407 e. The van der Waals surface area contributed by atoms with Gasteiger partial charge in [0.1, 0.15) is 17.3 Å². The maximum atomic E-state index is 15.1. The number of sulfonamides is 2. The second-order valence-corrected chi connectivity index (χ2v) is 22.4. The number of nitrogens with two attached hydrogens (primary N) is 1. The molecule has 6 rings (SSSR count). The molecule has 2 aromatic heterocycles. The number of esters is 2. The minimum absolute atomic E-state index is 0. The van der Waals surface area contributed by atoms with Gasteiger partial charge in [-0.2, -0.15) is 0 Å². The van der Waals surface area contributed by atoms with Crippen LogP contribution in [0.5, 0.6) is 0 Å². The number of nitrogens with one attached hydrogen (secondary N) is 1. The zero-order chi connectivity index (χ0) is 54.2. The van der Waals surface area contributed by atoms with Crippen molar-refractivity contribution in [3.05, 3.63) is 131 Å². The van der Waals surface area contributed by atoms with Crippen LogP contribution in [0.4, 0.5) is 13.6 Å². The number of fused-ring (bicyclic) bond motifs is 2. The van der Waals surface area contributed by atoms with Crippen molar-refractivity contribution in [1.29, 1.82) is 0 Å². The Morgan fingerprint density at radius 1 is 0.662 bits per heavy atom. The van der Waals surface area contributed by atoms with Crippen LogP contribution < -0.4 is 11.1 Å². The van der Waals surface area contributed by atoms with E-state index in [0.717, 1.165) is 14.3 Å². The number of hydrogen-bond acceptors (Lipinski definition) is 11. The van der Waals surface area contributed by atoms with E-state index in [0.29, 0.717) is 60.9 Å². The third-order valence-electron chi connectivity index (χ3n) is 11.4. The summed E-state index contributed by atoms with van der Waals surface area (Å²) in [4.78, 5) is 37.0. The van der Waals surface area contributed by atoms with E-state index in [1.54, 1.807) is 123 Å². The summed E-state index contributed by atoms with van der Waals surface area (Å²) in [5, 5.41) is 3.83. The summed E-state index contributed by atoms with van der Waals surface area (Å²) in [6.45, 7) is 12.6. The molecule has 0 atom stereocenters. The molecule has 1 amide bonds. The smallest absolute Gasteiger partial charge is 0.407 e. The number of rotatable bonds is 17. The molecule has 0 unspecified atom stereocenters. The molecular weight excluding hydrogens is 1020 g/mol. The second-order valence-electron chi connectivity index (χ2n) is 18.0. The van der Waals surface area contributed by atoms with Crippen molar-refractivity contribution >= 4 is 72.3 Å². The fourth-order valence-corrected chi connectivity index (χ4v) is 9.84. The van der Waals surface area contributed by atoms with Gasteiger partial charge < -0.3 is 34.4 Å². The number of nitrogens with zero attached hydrogens (tertiary/aromatic N) is 4. The summed E-state index contributed by atoms with van der Waals surface area (Å²) >= 11 is 0. The van der Waals surface area contributed by atoms with Gasteiger partial charge in [0.05, 0.1) is 47.2 Å². The number of allylic oxidation sites excluding steroid dienone is 2. The molecule has 3 N–H and O–H groups in total. The standard InChI is InChI=1S/C29H36FN3O6S.C24H28FN3O4S.ClH/c1-8-38-27(34)21-12-13-25-24(17-21)26(20-10-9-11-23(16-20)40(36,37)32(6)7)19(2)33(25)18-22(30)14-15-31-28(35)39-29(3,4)5;1-5-32-24(29)18-9-10-22-21(14-18)23(16(2)28(22)15-19(25)11-12-26)17-7-6-8-20(13-17)33(30,31)27(3)4;/h9-14,16-17H,8,15,18H2,1-7H3,(H,31,35);6-11,13-14H,5,12,15,26H2,1-4H3;1H/b22-14-;19-11-;. The molecule has 0 fully saturated rings. The maximum absolute atomic E-state index is 15.1. The first-order valence-corrected chi connectivity index (χ1v) is 26.2. The first kappa shape index (κ1) is 60.1. The Bertz CT molecular complexity index is 3320. The van der Waals surface area contributed by atoms with Crippen LogP contribution in [0.3, 0.4) is 0 Å². The van der Waals surface area contributed by atoms with Crippen LogP contribution in [0.2, 0.25) is 0 Å². The molecule has 0 bridgehead atoms. The highest BCUT2D eigenvalue weighted by atomic mass is 35.5. The van der Waals surface area contributed by atoms with Crippen molar-refractivity contribution in [2.24, 2.45) is 5.73 Å². The van der Waals surface area contributed by atoms with E-state index in [1.807, 2.05) is 6.92 Å². The lowest BCUT2D eigenvalue weighted by Crippen LogP contribution is -2.32. The molecule has 16 nitrogen and oxygen atoms in total. The number of alkyl carbamates (subject to hydrolysis) is 1. The molecule has 6 aromatic rings. The Kier molecular flexibility index (Phi) is 20.5. The van der Waals surface area contributed by atoms with E-state index in [4.69, 9.17) is 19.9 Å². The summed E-state index contributed by atoms with van der Waals surface area (Å²) in [5.74, 6) is -1.85. The summed E-state index contributed by atoms with van der Waals surface area (Å²) in [6.07, 6.45) is 1.91. The van der Waals surface area contributed by atoms with Crippen molar-refractivity contribution in [1.82, 2.24) is 23.1 Å². The predicted octanol–water partition coefficient (Wildman–Crippen LogP) is 9.70. The topological polar surface area (TPSA) is 202 Å². The number of hydrogen-bond donors (Lipinski definition) is 2. The zero-order valence-corrected chi connectivity index (χ0v) is 45.9. The number of halogens is 3. The minimum atomic E-state index is -3.71. The zero-order valence-electron chi connectivity index (χ0n) is 43.4. The van der Waals surface area contributed by atoms with E-state index < -0.39 is 49.5 Å². The van der Waals surface area contributed by atoms with Crippen LogP contribution in [0.1, 0.15) is 66.7 Å². The van der Waals surface area contributed by atoms with Crippen molar-refractivity contribution in [2.45, 2.75) is 76.9 Å². The van der Waals surface area contributed by atoms with Crippen LogP contribution in [0.15, 0.2) is 119 Å². The molecular formula is C53H65ClF2N6O10S2. The van der Waals surface area contributed by atoms with E-state index in [2.05, 4.69) is 5.32 Å². The monoisotopic (exact) mass is 1080 g/mol. The first-order valence-electron chi connectivity index (χ1n) is 23.3. The minimum Gasteiger partial charge on any atom is -0.462 e. The lowest BCUT2D eigenvalue weighted by molar-refractivity contribution is 0.0517. The number of carbonyl (C=O) groups excluding carboxylic acids is 3. The average Bonchev–Trinajstić information content (AvgIpc) is 3.75. The van der Waals surface area contributed by atoms with E-state index in [-0.39, 0.29) is 67.4 Å². The number of carbonyl (C=O) groups is 3. The van der Waals surface area contributed by atoms with Crippen LogP contribution in [0, 0.1) is 13.8 Å². The Labute approximate surface area is 438 Å². The highest BCUT2D eigenvalue weighted by molar-refractivity contribution is 7.89. The summed E-state index contributed by atoms with van der Waals surface area (Å²) in [5.41, 5.74) is 10.8. The van der Waals surface area contributed by atoms with Gasteiger partial charge in [-0.1, -0.05) is 24.3 Å². The quantitative estimate of drug-likeness (QED) is 0.0651.